The molecule has 0 spiro atoms. The quantitative estimate of drug-likeness (QED) is 0.0614. The van der Waals surface area contributed by atoms with E-state index in [1.165, 1.54) is 18.3 Å². The highest BCUT2D eigenvalue weighted by molar-refractivity contribution is 6.36. The maximum atomic E-state index is 13.4. The number of nitriles is 2. The predicted molar refractivity (Wildman–Crippen MR) is 482 cm³/mol. The summed E-state index contributed by atoms with van der Waals surface area (Å²) in [6.07, 6.45) is 10.1. The van der Waals surface area contributed by atoms with Gasteiger partial charge in [0.15, 0.2) is 23.0 Å². The minimum atomic E-state index is -0.365. The van der Waals surface area contributed by atoms with Gasteiger partial charge in [0.2, 0.25) is 0 Å². The van der Waals surface area contributed by atoms with Gasteiger partial charge in [-0.05, 0) is 143 Å². The predicted octanol–water partition coefficient (Wildman–Crippen LogP) is 17.9. The number of halogens is 4. The number of H-pyrrole nitrogens is 4. The monoisotopic (exact) mass is 1690 g/mol. The molecule has 0 amide bonds. The van der Waals surface area contributed by atoms with Gasteiger partial charge in [-0.1, -0.05) is 108 Å². The standard InChI is InChI=1S/C21H13ClFN5.C19H13ClN6.C18H15N5.C16H14ClN7.C16H15N7/c1-11-6-7-26-20-15(11)8-13(9-16(20)22)19-18(12-2-4-14(23)5-3-12)28-21(25)17(10-24)27-19;1-10-13-7-12(8-14(20)18(13)26-25-10)17-16(11-5-3-2-4-6-11)24-19(22)15(9-21)23-17;1-11-14-9-13(7-8-15(14)23-22-11)17-18(21-16(19)10-20-17)12-5-3-2-4-6-12;1-8-10-5-9(6-11(17)15(10)22-21-8)14-16(20-13(18)7-19-14)12-3-4-24(2)23-12;1-9-11-7-10(3-4-12(11)21-20-9)15-16(19-14(17)8-18-15)13-5-6-23(2)22-13/h2-9H,1H3,(H2,25,28);2-8H,1H3,(H2,22,24)(H,25,26);2-10H,1H3,(H2,19,21)(H,22,23);3-7H,1-2H3,(H2,18,20)(H,21,22);3-8H,1-2H3,(H2,17,19)(H,20,21). The van der Waals surface area contributed by atoms with Crippen LogP contribution in [0.25, 0.3) is 167 Å². The highest BCUT2D eigenvalue weighted by Crippen LogP contribution is 2.41. The molecule has 0 aliphatic heterocycles. The lowest BCUT2D eigenvalue weighted by molar-refractivity contribution is 0.628. The van der Waals surface area contributed by atoms with Crippen LogP contribution in [0.1, 0.15) is 39.7 Å². The van der Waals surface area contributed by atoms with E-state index in [2.05, 4.69) is 118 Å². The lowest BCUT2D eigenvalue weighted by atomic mass is 10.0. The Labute approximate surface area is 720 Å². The second-order valence-electron chi connectivity index (χ2n) is 28.5. The maximum absolute atomic E-state index is 13.4. The van der Waals surface area contributed by atoms with E-state index in [1.54, 1.807) is 52.2 Å². The molecule has 8 aromatic carbocycles. The first-order valence-electron chi connectivity index (χ1n) is 38.1. The van der Waals surface area contributed by atoms with Gasteiger partial charge in [-0.25, -0.2) is 39.3 Å². The van der Waals surface area contributed by atoms with E-state index in [4.69, 9.17) is 63.5 Å². The minimum absolute atomic E-state index is 0.00954. The molecule has 0 bridgehead atoms. The van der Waals surface area contributed by atoms with Crippen molar-refractivity contribution in [3.63, 3.8) is 0 Å². The highest BCUT2D eigenvalue weighted by Gasteiger charge is 2.24. The zero-order chi connectivity index (χ0) is 86.7. The molecule has 34 heteroatoms. The number of nitrogens with one attached hydrogen (secondary N) is 4. The maximum Gasteiger partial charge on any atom is 0.183 e. The fourth-order valence-corrected chi connectivity index (χ4v) is 14.7. The van der Waals surface area contributed by atoms with Crippen LogP contribution in [0.4, 0.5) is 33.5 Å². The third-order valence-corrected chi connectivity index (χ3v) is 20.9. The average molecular weight is 1700 g/mol. The molecule has 20 aromatic rings. The number of nitrogen functional groups attached to an aromatic ring is 5. The Kier molecular flexibility index (Phi) is 22.7. The van der Waals surface area contributed by atoms with Crippen molar-refractivity contribution in [3.8, 4) is 125 Å². The summed E-state index contributed by atoms with van der Waals surface area (Å²) in [6, 6.07) is 58.2. The van der Waals surface area contributed by atoms with Crippen molar-refractivity contribution in [3.05, 3.63) is 274 Å². The van der Waals surface area contributed by atoms with Crippen LogP contribution in [0.5, 0.6) is 0 Å². The van der Waals surface area contributed by atoms with Gasteiger partial charge in [0.25, 0.3) is 0 Å². The van der Waals surface area contributed by atoms with Gasteiger partial charge < -0.3 is 28.7 Å². The third kappa shape index (κ3) is 16.8. The zero-order valence-electron chi connectivity index (χ0n) is 67.0. The number of nitrogens with two attached hydrogens (primary N) is 5. The summed E-state index contributed by atoms with van der Waals surface area (Å²) >= 11 is 19.3. The second kappa shape index (κ2) is 34.5. The number of anilines is 5. The number of pyridine rings is 1. The molecule has 0 fully saturated rings. The number of benzene rings is 8. The highest BCUT2D eigenvalue weighted by atomic mass is 35.5. The van der Waals surface area contributed by atoms with E-state index in [-0.39, 0.29) is 28.8 Å². The first-order valence-corrected chi connectivity index (χ1v) is 39.2. The summed E-state index contributed by atoms with van der Waals surface area (Å²) in [5, 5.41) is 62.7. The summed E-state index contributed by atoms with van der Waals surface area (Å²) < 4.78 is 16.8. The van der Waals surface area contributed by atoms with E-state index in [0.29, 0.717) is 100 Å². The number of fused-ring (bicyclic) bond motifs is 5. The van der Waals surface area contributed by atoms with E-state index in [9.17, 15) is 14.9 Å². The topological polar surface area (TPSA) is 470 Å². The lowest BCUT2D eigenvalue weighted by Crippen LogP contribution is -2.03. The fraction of sp³-hybridized carbons (Fsp3) is 0.0778. The first-order chi connectivity index (χ1) is 59.9. The van der Waals surface area contributed by atoms with Gasteiger partial charge >= 0.3 is 0 Å². The molecule has 30 nitrogen and oxygen atoms in total. The molecule has 0 saturated carbocycles. The zero-order valence-corrected chi connectivity index (χ0v) is 69.3. The molecular formula is C90H70Cl3FN30. The molecule has 12 aromatic heterocycles. The van der Waals surface area contributed by atoms with Crippen LogP contribution in [0.3, 0.4) is 0 Å². The number of nitrogens with zero attached hydrogens (tertiary/aromatic N) is 21. The van der Waals surface area contributed by atoms with Gasteiger partial charge in [-0.15, -0.1) is 0 Å². The summed E-state index contributed by atoms with van der Waals surface area (Å²) in [5.41, 5.74) is 52.7. The van der Waals surface area contributed by atoms with Crippen molar-refractivity contribution < 1.29 is 4.39 Å². The van der Waals surface area contributed by atoms with Crippen molar-refractivity contribution in [1.82, 2.24) is 115 Å². The molecule has 0 saturated heterocycles. The fourth-order valence-electron chi connectivity index (χ4n) is 13.9. The van der Waals surface area contributed by atoms with Gasteiger partial charge in [-0.2, -0.15) is 41.1 Å². The number of aryl methyl sites for hydroxylation is 7. The van der Waals surface area contributed by atoms with Crippen LogP contribution < -0.4 is 28.7 Å². The van der Waals surface area contributed by atoms with Crippen LogP contribution in [0, 0.1) is 63.1 Å². The number of hydrogen-bond acceptors (Lipinski definition) is 24. The Balaban J connectivity index is 0.000000115. The number of hydrogen-bond donors (Lipinski definition) is 9. The van der Waals surface area contributed by atoms with Gasteiger partial charge in [-0.3, -0.25) is 49.7 Å². The first kappa shape index (κ1) is 81.4. The molecule has 0 unspecified atom stereocenters. The van der Waals surface area contributed by atoms with Crippen molar-refractivity contribution in [1.29, 1.82) is 10.5 Å². The Hall–Kier alpha value is -16.4. The van der Waals surface area contributed by atoms with Crippen LogP contribution in [-0.2, 0) is 14.1 Å². The molecule has 12 heterocycles. The molecule has 124 heavy (non-hydrogen) atoms. The van der Waals surface area contributed by atoms with E-state index in [0.717, 1.165) is 128 Å². The Morgan fingerprint density at radius 2 is 0.702 bits per heavy atom. The van der Waals surface area contributed by atoms with Gasteiger partial charge in [0, 0.05) is 127 Å². The Morgan fingerprint density at radius 1 is 0.347 bits per heavy atom. The van der Waals surface area contributed by atoms with E-state index < -0.39 is 0 Å². The SMILES string of the molecule is Cc1[nH]nc2c(Cl)cc(-c3nc(C#N)c(N)nc3-c3ccccc3)cc12.Cc1[nH]nc2c(Cl)cc(-c3ncc(N)nc3-c3ccn(C)n3)cc12.Cc1[nH]nc2ccc(-c3ncc(N)nc3-c3ccccc3)cc12.Cc1[nH]nc2ccc(-c3ncc(N)nc3-c3ccn(C)n3)cc12.Cc1ccnc2c(Cl)cc(-c3nc(C#N)c(N)nc3-c3ccc(F)cc3)cc12. The molecule has 0 atom stereocenters. The lowest BCUT2D eigenvalue weighted by Gasteiger charge is -2.12. The summed E-state index contributed by atoms with van der Waals surface area (Å²) in [7, 11) is 3.71. The molecular weight excluding hydrogens is 1630 g/mol. The largest absolute Gasteiger partial charge is 0.382 e. The summed E-state index contributed by atoms with van der Waals surface area (Å²) in [6.45, 7) is 9.83. The number of rotatable bonds is 10. The third-order valence-electron chi connectivity index (χ3n) is 20.0. The average Bonchev–Trinajstić information content (AvgIpc) is 1.23. The smallest absolute Gasteiger partial charge is 0.183 e. The molecule has 0 radical (unpaired) electrons. The van der Waals surface area contributed by atoms with Crippen molar-refractivity contribution in [2.24, 2.45) is 14.1 Å². The molecule has 0 aliphatic carbocycles. The molecule has 14 N–H and O–H groups in total. The Bertz CT molecular complexity index is 7570. The normalized spacial score (nSPS) is 11.0. The summed E-state index contributed by atoms with van der Waals surface area (Å²) in [5.74, 6) is 0.863. The molecule has 608 valence electrons. The number of aromatic amines is 4. The van der Waals surface area contributed by atoms with Crippen LogP contribution in [0.2, 0.25) is 15.1 Å². The summed E-state index contributed by atoms with van der Waals surface area (Å²) in [4.78, 5) is 48.9. The number of aromatic nitrogens is 23. The minimum Gasteiger partial charge on any atom is -0.382 e. The van der Waals surface area contributed by atoms with Crippen molar-refractivity contribution >= 4 is 118 Å². The second-order valence-corrected chi connectivity index (χ2v) is 29.8. The van der Waals surface area contributed by atoms with Crippen LogP contribution in [-0.4, -0.2) is 115 Å². The van der Waals surface area contributed by atoms with Gasteiger partial charge in [0.1, 0.15) is 69.2 Å². The van der Waals surface area contributed by atoms with Crippen LogP contribution >= 0.6 is 34.8 Å². The Morgan fingerprint density at radius 3 is 1.14 bits per heavy atom. The van der Waals surface area contributed by atoms with E-state index >= 15 is 0 Å². The van der Waals surface area contributed by atoms with E-state index in [1.807, 2.05) is 201 Å². The molecule has 0 aliphatic rings. The van der Waals surface area contributed by atoms with Crippen molar-refractivity contribution in [2.75, 3.05) is 28.7 Å². The molecule has 20 rings (SSSR count). The van der Waals surface area contributed by atoms with Crippen LogP contribution in [0.15, 0.2) is 213 Å². The van der Waals surface area contributed by atoms with Gasteiger partial charge in [0.05, 0.1) is 95.8 Å². The van der Waals surface area contributed by atoms with Crippen molar-refractivity contribution in [2.45, 2.75) is 34.6 Å².